The molecule has 0 aliphatic heterocycles. The van der Waals surface area contributed by atoms with Crippen LogP contribution in [0.1, 0.15) is 5.56 Å². The number of nitrogen functional groups attached to an aromatic ring is 1. The summed E-state index contributed by atoms with van der Waals surface area (Å²) in [5.41, 5.74) is 6.55. The van der Waals surface area contributed by atoms with E-state index in [1.54, 1.807) is 19.1 Å². The van der Waals surface area contributed by atoms with Crippen molar-refractivity contribution < 1.29 is 8.42 Å². The van der Waals surface area contributed by atoms with Gasteiger partial charge >= 0.3 is 0 Å². The Kier molecular flexibility index (Phi) is 4.58. The summed E-state index contributed by atoms with van der Waals surface area (Å²) < 4.78 is 27.2. The number of anilines is 2. The monoisotopic (exact) mass is 364 g/mol. The average molecular weight is 366 g/mol. The number of halogens is 3. The van der Waals surface area contributed by atoms with Crippen LogP contribution in [0, 0.1) is 6.92 Å². The van der Waals surface area contributed by atoms with E-state index in [0.29, 0.717) is 10.6 Å². The minimum Gasteiger partial charge on any atom is -0.398 e. The van der Waals surface area contributed by atoms with Crippen LogP contribution in [-0.4, -0.2) is 8.42 Å². The maximum atomic E-state index is 12.4. The van der Waals surface area contributed by atoms with Crippen molar-refractivity contribution in [3.05, 3.63) is 51.0 Å². The molecule has 8 heteroatoms. The molecule has 0 amide bonds. The first-order valence-corrected chi connectivity index (χ1v) is 8.36. The summed E-state index contributed by atoms with van der Waals surface area (Å²) >= 11 is 17.9. The predicted molar refractivity (Wildman–Crippen MR) is 87.9 cm³/mol. The number of aryl methyl sites for hydroxylation is 1. The molecule has 4 nitrogen and oxygen atoms in total. The van der Waals surface area contributed by atoms with Crippen LogP contribution in [0.25, 0.3) is 0 Å². The lowest BCUT2D eigenvalue weighted by molar-refractivity contribution is 0.601. The molecule has 112 valence electrons. The van der Waals surface area contributed by atoms with Crippen LogP contribution >= 0.6 is 34.8 Å². The highest BCUT2D eigenvalue weighted by Crippen LogP contribution is 2.35. The quantitative estimate of drug-likeness (QED) is 0.795. The third-order valence-electron chi connectivity index (χ3n) is 2.78. The van der Waals surface area contributed by atoms with Crippen LogP contribution in [0.15, 0.2) is 35.2 Å². The molecule has 0 fully saturated rings. The van der Waals surface area contributed by atoms with E-state index in [-0.39, 0.29) is 26.3 Å². The first-order valence-electron chi connectivity index (χ1n) is 5.75. The second-order valence-corrected chi connectivity index (χ2v) is 7.21. The molecule has 0 aliphatic rings. The van der Waals surface area contributed by atoms with Gasteiger partial charge in [0.15, 0.2) is 0 Å². The van der Waals surface area contributed by atoms with E-state index < -0.39 is 10.0 Å². The zero-order chi connectivity index (χ0) is 15.8. The highest BCUT2D eigenvalue weighted by Gasteiger charge is 2.21. The minimum atomic E-state index is -3.93. The number of sulfonamides is 1. The number of hydrogen-bond acceptors (Lipinski definition) is 3. The zero-order valence-electron chi connectivity index (χ0n) is 10.8. The molecule has 0 unspecified atom stereocenters. The van der Waals surface area contributed by atoms with Gasteiger partial charge in [-0.05, 0) is 36.8 Å². The molecule has 21 heavy (non-hydrogen) atoms. The molecule has 0 aromatic heterocycles. The lowest BCUT2D eigenvalue weighted by atomic mass is 10.2. The molecule has 0 saturated carbocycles. The Labute approximate surface area is 137 Å². The summed E-state index contributed by atoms with van der Waals surface area (Å²) in [6.45, 7) is 1.74. The van der Waals surface area contributed by atoms with Crippen molar-refractivity contribution in [2.75, 3.05) is 10.5 Å². The fourth-order valence-electron chi connectivity index (χ4n) is 1.70. The fourth-order valence-corrected chi connectivity index (χ4v) is 3.67. The van der Waals surface area contributed by atoms with Crippen molar-refractivity contribution in [3.8, 4) is 0 Å². The highest BCUT2D eigenvalue weighted by molar-refractivity contribution is 7.93. The van der Waals surface area contributed by atoms with Crippen LogP contribution in [0.3, 0.4) is 0 Å². The summed E-state index contributed by atoms with van der Waals surface area (Å²) in [5, 5.41) is 0.776. The molecule has 2 aromatic rings. The molecular formula is C13H11Cl3N2O2S. The van der Waals surface area contributed by atoms with Gasteiger partial charge < -0.3 is 5.73 Å². The average Bonchev–Trinajstić information content (AvgIpc) is 2.39. The van der Waals surface area contributed by atoms with Gasteiger partial charge in [0.1, 0.15) is 4.90 Å². The van der Waals surface area contributed by atoms with Crippen LogP contribution in [0.4, 0.5) is 11.4 Å². The van der Waals surface area contributed by atoms with Gasteiger partial charge in [-0.25, -0.2) is 8.42 Å². The van der Waals surface area contributed by atoms with Gasteiger partial charge in [-0.3, -0.25) is 4.72 Å². The smallest absolute Gasteiger partial charge is 0.264 e. The Bertz CT molecular complexity index is 807. The fraction of sp³-hybridized carbons (Fsp3) is 0.0769. The Morgan fingerprint density at radius 1 is 1.10 bits per heavy atom. The number of hydrogen-bond donors (Lipinski definition) is 2. The van der Waals surface area contributed by atoms with Crippen LogP contribution in [-0.2, 0) is 10.0 Å². The number of nitrogens with two attached hydrogens (primary N) is 1. The van der Waals surface area contributed by atoms with Gasteiger partial charge in [0, 0.05) is 5.02 Å². The lowest BCUT2D eigenvalue weighted by Crippen LogP contribution is -2.15. The molecular weight excluding hydrogens is 355 g/mol. The molecule has 2 rings (SSSR count). The second kappa shape index (κ2) is 5.93. The number of nitrogens with one attached hydrogen (secondary N) is 1. The van der Waals surface area contributed by atoms with E-state index in [2.05, 4.69) is 4.72 Å². The summed E-state index contributed by atoms with van der Waals surface area (Å²) in [6.07, 6.45) is 0. The van der Waals surface area contributed by atoms with E-state index in [1.165, 1.54) is 18.2 Å². The minimum absolute atomic E-state index is 0.0369. The molecule has 0 saturated heterocycles. The molecule has 0 aliphatic carbocycles. The van der Waals surface area contributed by atoms with Crippen molar-refractivity contribution >= 4 is 56.2 Å². The van der Waals surface area contributed by atoms with Crippen LogP contribution in [0.5, 0.6) is 0 Å². The third-order valence-corrected chi connectivity index (χ3v) is 5.24. The maximum absolute atomic E-state index is 12.4. The van der Waals surface area contributed by atoms with E-state index in [0.717, 1.165) is 0 Å². The summed E-state index contributed by atoms with van der Waals surface area (Å²) in [7, 11) is -3.93. The maximum Gasteiger partial charge on any atom is 0.264 e. The molecule has 0 bridgehead atoms. The molecule has 0 spiro atoms. The molecule has 0 radical (unpaired) electrons. The zero-order valence-corrected chi connectivity index (χ0v) is 13.9. The van der Waals surface area contributed by atoms with Gasteiger partial charge in [0.2, 0.25) is 0 Å². The largest absolute Gasteiger partial charge is 0.398 e. The predicted octanol–water partition coefficient (Wildman–Crippen LogP) is 4.34. The van der Waals surface area contributed by atoms with Crippen molar-refractivity contribution in [3.63, 3.8) is 0 Å². The van der Waals surface area contributed by atoms with E-state index in [4.69, 9.17) is 40.5 Å². The summed E-state index contributed by atoms with van der Waals surface area (Å²) in [6, 6.07) is 7.37. The van der Waals surface area contributed by atoms with Crippen LogP contribution in [0.2, 0.25) is 15.1 Å². The summed E-state index contributed by atoms with van der Waals surface area (Å²) in [4.78, 5) is -0.0967. The van der Waals surface area contributed by atoms with E-state index in [1.807, 2.05) is 0 Å². The van der Waals surface area contributed by atoms with Gasteiger partial charge in [0.05, 0.1) is 21.4 Å². The van der Waals surface area contributed by atoms with Crippen molar-refractivity contribution in [1.29, 1.82) is 0 Å². The van der Waals surface area contributed by atoms with Crippen LogP contribution < -0.4 is 10.5 Å². The van der Waals surface area contributed by atoms with E-state index >= 15 is 0 Å². The van der Waals surface area contributed by atoms with Gasteiger partial charge in [-0.15, -0.1) is 0 Å². The van der Waals surface area contributed by atoms with E-state index in [9.17, 15) is 8.42 Å². The Hall–Kier alpha value is -1.14. The Balaban J connectivity index is 2.50. The number of rotatable bonds is 3. The third kappa shape index (κ3) is 3.37. The van der Waals surface area contributed by atoms with Gasteiger partial charge in [-0.2, -0.15) is 0 Å². The number of benzene rings is 2. The molecule has 3 N–H and O–H groups in total. The lowest BCUT2D eigenvalue weighted by Gasteiger charge is -2.14. The molecule has 2 aromatic carbocycles. The normalized spacial score (nSPS) is 11.4. The van der Waals surface area contributed by atoms with Crippen molar-refractivity contribution in [1.82, 2.24) is 0 Å². The first kappa shape index (κ1) is 16.2. The Morgan fingerprint density at radius 2 is 1.76 bits per heavy atom. The molecule has 0 heterocycles. The first-order chi connectivity index (χ1) is 9.72. The Morgan fingerprint density at radius 3 is 2.38 bits per heavy atom. The molecule has 0 atom stereocenters. The van der Waals surface area contributed by atoms with Crippen molar-refractivity contribution in [2.24, 2.45) is 0 Å². The highest BCUT2D eigenvalue weighted by atomic mass is 35.5. The van der Waals surface area contributed by atoms with Gasteiger partial charge in [-0.1, -0.05) is 40.9 Å². The standard InChI is InChI=1S/C13H11Cl3N2O2S/c1-7-2-4-9(15)13(12(7)16)18-21(19,20)11-5-3-8(14)6-10(11)17/h2-6,18H,17H2,1H3. The topological polar surface area (TPSA) is 72.2 Å². The van der Waals surface area contributed by atoms with Crippen molar-refractivity contribution in [2.45, 2.75) is 11.8 Å². The summed E-state index contributed by atoms with van der Waals surface area (Å²) in [5.74, 6) is 0. The second-order valence-electron chi connectivity index (χ2n) is 4.34. The SMILES string of the molecule is Cc1ccc(Cl)c(NS(=O)(=O)c2ccc(Cl)cc2N)c1Cl. The van der Waals surface area contributed by atoms with Gasteiger partial charge in [0.25, 0.3) is 10.0 Å².